The quantitative estimate of drug-likeness (QED) is 0.112. The monoisotopic (exact) mass is 1410 g/mol. The van der Waals surface area contributed by atoms with Crippen molar-refractivity contribution < 1.29 is 31.1 Å². The number of nitrogens with zero attached hydrogens (tertiary/aromatic N) is 4. The molecule has 4 nitrogen and oxygen atoms in total. The van der Waals surface area contributed by atoms with Gasteiger partial charge in [-0.1, -0.05) is 259 Å². The SMILES string of the molecule is [U+2].[c-]1c(-c2[c-]c3c4ccccc4c4cc(-c5cc(-c6ccccc6)nc(-c6ccccc6)n5)ccc4c3cc2)ccc2cc(-c3cccc(-c4cc(-c5ccccc5)nc(-c5ccc6c(c5)c5ccccc5c5ccc7c(c56)Cc5ccc6ccccc6c5-7)n4)c3)ccc12. The van der Waals surface area contributed by atoms with Gasteiger partial charge in [0.25, 0.3) is 0 Å². The van der Waals surface area contributed by atoms with Gasteiger partial charge in [-0.25, -0.2) is 19.9 Å². The third-order valence-corrected chi connectivity index (χ3v) is 19.2. The Balaban J connectivity index is 0.00000648. The molecule has 19 rings (SSSR count). The molecule has 2 aromatic heterocycles. The van der Waals surface area contributed by atoms with Crippen LogP contribution in [-0.2, 0) is 6.42 Å². The maximum atomic E-state index is 5.45. The van der Waals surface area contributed by atoms with Crippen LogP contribution in [0.2, 0.25) is 0 Å². The van der Waals surface area contributed by atoms with Gasteiger partial charge in [0.2, 0.25) is 0 Å². The Morgan fingerprint density at radius 1 is 0.266 bits per heavy atom. The predicted octanol–water partition coefficient (Wildman–Crippen LogP) is 23.0. The van der Waals surface area contributed by atoms with E-state index in [0.717, 1.165) is 112 Å². The third-order valence-electron chi connectivity index (χ3n) is 19.2. The molecule has 0 atom stereocenters. The van der Waals surface area contributed by atoms with Gasteiger partial charge in [0.05, 0.1) is 22.8 Å². The van der Waals surface area contributed by atoms with Crippen LogP contribution >= 0.6 is 0 Å². The van der Waals surface area contributed by atoms with E-state index in [1.54, 1.807) is 0 Å². The molecule has 94 heavy (non-hydrogen) atoms. The number of rotatable bonds is 8. The predicted molar refractivity (Wildman–Crippen MR) is 387 cm³/mol. The van der Waals surface area contributed by atoms with Crippen molar-refractivity contribution in [1.82, 2.24) is 19.9 Å². The van der Waals surface area contributed by atoms with Gasteiger partial charge in [-0.2, -0.15) is 35.4 Å². The summed E-state index contributed by atoms with van der Waals surface area (Å²) >= 11 is 0. The summed E-state index contributed by atoms with van der Waals surface area (Å²) in [4.78, 5) is 21.0. The van der Waals surface area contributed by atoms with Crippen molar-refractivity contribution in [3.8, 4) is 101 Å². The largest absolute Gasteiger partial charge is 2.00 e. The smallest absolute Gasteiger partial charge is 0.228 e. The normalized spacial score (nSPS) is 11.9. The van der Waals surface area contributed by atoms with E-state index in [4.69, 9.17) is 19.9 Å². The van der Waals surface area contributed by atoms with Gasteiger partial charge in [0, 0.05) is 33.4 Å². The van der Waals surface area contributed by atoms with E-state index in [0.29, 0.717) is 11.6 Å². The Kier molecular flexibility index (Phi) is 13.4. The van der Waals surface area contributed by atoms with Crippen LogP contribution in [0.1, 0.15) is 11.1 Å². The molecule has 0 spiro atoms. The summed E-state index contributed by atoms with van der Waals surface area (Å²) in [6.07, 6.45) is 0.900. The molecule has 0 bridgehead atoms. The Bertz CT molecular complexity index is 6070. The van der Waals surface area contributed by atoms with Crippen LogP contribution in [-0.4, -0.2) is 19.9 Å². The Hall–Kier alpha value is -11.2. The van der Waals surface area contributed by atoms with E-state index in [1.165, 1.54) is 81.5 Å². The molecule has 1 aliphatic carbocycles. The van der Waals surface area contributed by atoms with Crippen LogP contribution in [0.3, 0.4) is 0 Å². The number of fused-ring (bicyclic) bond motifs is 19. The molecule has 2 heterocycles. The van der Waals surface area contributed by atoms with Gasteiger partial charge in [0.15, 0.2) is 11.6 Å². The number of hydrogen-bond donors (Lipinski definition) is 0. The third kappa shape index (κ3) is 9.34. The molecule has 0 fully saturated rings. The molecule has 5 heteroatoms. The summed E-state index contributed by atoms with van der Waals surface area (Å²) in [6.45, 7) is 0. The first kappa shape index (κ1) is 55.6. The van der Waals surface area contributed by atoms with Crippen LogP contribution in [0, 0.1) is 43.2 Å². The fraction of sp³-hybridized carbons (Fsp3) is 0.0112. The van der Waals surface area contributed by atoms with Crippen LogP contribution in [0.25, 0.3) is 187 Å². The molecule has 1 aliphatic rings. The summed E-state index contributed by atoms with van der Waals surface area (Å²) in [5, 5.41) is 19.2. The minimum atomic E-state index is 0. The molecule has 18 aromatic rings. The topological polar surface area (TPSA) is 51.6 Å². The minimum Gasteiger partial charge on any atom is -0.228 e. The zero-order valence-corrected chi connectivity index (χ0v) is 55.0. The molecule has 16 aromatic carbocycles. The summed E-state index contributed by atoms with van der Waals surface area (Å²) in [5.74, 6) is 1.39. The molecule has 0 amide bonds. The van der Waals surface area contributed by atoms with Gasteiger partial charge < -0.3 is 0 Å². The zero-order chi connectivity index (χ0) is 61.1. The second kappa shape index (κ2) is 22.6. The summed E-state index contributed by atoms with van der Waals surface area (Å²) in [7, 11) is 0. The molecular weight excluding hydrogens is 1360 g/mol. The van der Waals surface area contributed by atoms with E-state index in [-0.39, 0.29) is 31.1 Å². The molecule has 0 aliphatic heterocycles. The molecular formula is C89H52N4U. The molecule has 0 N–H and O–H groups in total. The van der Waals surface area contributed by atoms with Crippen molar-refractivity contribution >= 4 is 86.2 Å². The van der Waals surface area contributed by atoms with Crippen molar-refractivity contribution in [2.24, 2.45) is 0 Å². The van der Waals surface area contributed by atoms with Crippen molar-refractivity contribution in [3.63, 3.8) is 0 Å². The minimum absolute atomic E-state index is 0. The molecule has 0 unspecified atom stereocenters. The van der Waals surface area contributed by atoms with Crippen LogP contribution < -0.4 is 0 Å². The second-order valence-corrected chi connectivity index (χ2v) is 24.6. The first-order valence-electron chi connectivity index (χ1n) is 31.8. The van der Waals surface area contributed by atoms with E-state index in [1.807, 2.05) is 24.3 Å². The molecule has 432 valence electrons. The van der Waals surface area contributed by atoms with Crippen molar-refractivity contribution in [3.05, 3.63) is 327 Å². The maximum absolute atomic E-state index is 5.45. The Morgan fingerprint density at radius 2 is 0.723 bits per heavy atom. The number of benzene rings is 16. The van der Waals surface area contributed by atoms with E-state index in [9.17, 15) is 0 Å². The van der Waals surface area contributed by atoms with E-state index in [2.05, 4.69) is 291 Å². The van der Waals surface area contributed by atoms with Gasteiger partial charge >= 0.3 is 31.1 Å². The molecule has 0 saturated carbocycles. The van der Waals surface area contributed by atoms with Gasteiger partial charge in [-0.15, -0.1) is 29.0 Å². The summed E-state index contributed by atoms with van der Waals surface area (Å²) in [5.41, 5.74) is 19.3. The standard InChI is InChI=1S/C89H52N4.U/c1-4-18-55(19-5-1)82-53-85(92-88(90-82)57-22-8-3-9-23-57)65-38-41-74-73-40-37-63(48-78(73)71-29-14-15-30-72(71)79(74)49-65)62-35-34-60-45-59(32-33-61(60)46-62)58-24-16-25-64(47-58)84-52-83(56-20-6-2-7-21-56)91-89(93-84)67-39-42-76-80(51-67)70-28-13-12-27-69(70)75-43-44-77-81(87(75)76)50-66-36-31-54-17-10-11-26-68(54)86(66)77;/h1-45,47,49,51-53H,50H2;/q-2;+2. The van der Waals surface area contributed by atoms with Crippen molar-refractivity contribution in [2.45, 2.75) is 6.42 Å². The Morgan fingerprint density at radius 3 is 1.46 bits per heavy atom. The molecule has 0 saturated heterocycles. The number of hydrogen-bond acceptors (Lipinski definition) is 4. The van der Waals surface area contributed by atoms with Gasteiger partial charge in [-0.3, -0.25) is 0 Å². The van der Waals surface area contributed by atoms with Gasteiger partial charge in [-0.05, 0) is 129 Å². The van der Waals surface area contributed by atoms with Crippen molar-refractivity contribution in [2.75, 3.05) is 0 Å². The fourth-order valence-corrected chi connectivity index (χ4v) is 14.8. The van der Waals surface area contributed by atoms with E-state index >= 15 is 0 Å². The first-order chi connectivity index (χ1) is 46.0. The van der Waals surface area contributed by atoms with Gasteiger partial charge in [0.1, 0.15) is 0 Å². The molecule has 0 radical (unpaired) electrons. The summed E-state index contributed by atoms with van der Waals surface area (Å²) < 4.78 is 0. The summed E-state index contributed by atoms with van der Waals surface area (Å²) in [6, 6.07) is 117. The van der Waals surface area contributed by atoms with Crippen LogP contribution in [0.4, 0.5) is 0 Å². The van der Waals surface area contributed by atoms with Crippen LogP contribution in [0.5, 0.6) is 0 Å². The average Bonchev–Trinajstić information content (AvgIpc) is 1.36. The fourth-order valence-electron chi connectivity index (χ4n) is 14.8. The maximum Gasteiger partial charge on any atom is 2.00 e. The second-order valence-electron chi connectivity index (χ2n) is 24.6. The van der Waals surface area contributed by atoms with Crippen molar-refractivity contribution in [1.29, 1.82) is 0 Å². The van der Waals surface area contributed by atoms with Crippen LogP contribution in [0.15, 0.2) is 303 Å². The van der Waals surface area contributed by atoms with E-state index < -0.39 is 0 Å². The Labute approximate surface area is 567 Å². The first-order valence-corrected chi connectivity index (χ1v) is 31.8. The zero-order valence-electron chi connectivity index (χ0n) is 50.9. The average molecular weight is 1420 g/mol. The number of aromatic nitrogens is 4.